The number of ether oxygens (including phenoxy) is 3. The van der Waals surface area contributed by atoms with E-state index in [0.717, 1.165) is 5.69 Å². The van der Waals surface area contributed by atoms with Gasteiger partial charge in [0.15, 0.2) is 11.5 Å². The van der Waals surface area contributed by atoms with Crippen LogP contribution in [0.15, 0.2) is 18.2 Å². The van der Waals surface area contributed by atoms with Crippen molar-refractivity contribution in [2.24, 2.45) is 0 Å². The zero-order chi connectivity index (χ0) is 15.4. The minimum Gasteiger partial charge on any atom is -0.493 e. The predicted octanol–water partition coefficient (Wildman–Crippen LogP) is 3.21. The molecule has 2 aromatic rings. The summed E-state index contributed by atoms with van der Waals surface area (Å²) in [4.78, 5) is 8.28. The van der Waals surface area contributed by atoms with E-state index in [1.54, 1.807) is 46.5 Å². The van der Waals surface area contributed by atoms with Gasteiger partial charge in [0.25, 0.3) is 0 Å². The first kappa shape index (κ1) is 15.2. The molecular formula is C14H16ClN3O3. The Morgan fingerprint density at radius 1 is 0.952 bits per heavy atom. The molecule has 7 heteroatoms. The number of anilines is 2. The lowest BCUT2D eigenvalue weighted by Crippen LogP contribution is -2.00. The van der Waals surface area contributed by atoms with E-state index in [2.05, 4.69) is 15.3 Å². The molecule has 0 saturated carbocycles. The molecule has 0 aliphatic rings. The Balaban J connectivity index is 2.40. The van der Waals surface area contributed by atoms with Gasteiger partial charge in [-0.15, -0.1) is 0 Å². The van der Waals surface area contributed by atoms with Crippen molar-refractivity contribution >= 4 is 23.1 Å². The van der Waals surface area contributed by atoms with Crippen molar-refractivity contribution in [2.75, 3.05) is 26.6 Å². The molecule has 1 aromatic heterocycles. The summed E-state index contributed by atoms with van der Waals surface area (Å²) in [6.07, 6.45) is 0. The molecule has 0 aliphatic heterocycles. The normalized spacial score (nSPS) is 10.1. The molecule has 0 atom stereocenters. The van der Waals surface area contributed by atoms with Crippen molar-refractivity contribution in [1.29, 1.82) is 0 Å². The average molecular weight is 310 g/mol. The second-order valence-corrected chi connectivity index (χ2v) is 4.55. The maximum absolute atomic E-state index is 5.92. The highest BCUT2D eigenvalue weighted by Crippen LogP contribution is 2.40. The Morgan fingerprint density at radius 2 is 1.57 bits per heavy atom. The molecule has 0 aliphatic carbocycles. The van der Waals surface area contributed by atoms with Gasteiger partial charge in [-0.05, 0) is 6.92 Å². The maximum atomic E-state index is 5.92. The van der Waals surface area contributed by atoms with Crippen LogP contribution in [0.5, 0.6) is 17.2 Å². The van der Waals surface area contributed by atoms with Crippen LogP contribution in [-0.2, 0) is 0 Å². The maximum Gasteiger partial charge on any atom is 0.203 e. The minimum absolute atomic E-state index is 0.373. The number of hydrogen-bond donors (Lipinski definition) is 1. The van der Waals surface area contributed by atoms with Crippen LogP contribution in [0.2, 0.25) is 5.15 Å². The van der Waals surface area contributed by atoms with Crippen LogP contribution in [0, 0.1) is 6.92 Å². The Kier molecular flexibility index (Phi) is 4.70. The van der Waals surface area contributed by atoms with Crippen molar-refractivity contribution in [2.45, 2.75) is 6.92 Å². The number of hydrogen-bond acceptors (Lipinski definition) is 6. The Labute approximate surface area is 128 Å². The van der Waals surface area contributed by atoms with E-state index in [-0.39, 0.29) is 0 Å². The Morgan fingerprint density at radius 3 is 2.05 bits per heavy atom. The zero-order valence-electron chi connectivity index (χ0n) is 12.2. The topological polar surface area (TPSA) is 65.5 Å². The summed E-state index contributed by atoms with van der Waals surface area (Å²) in [7, 11) is 4.68. The first-order valence-electron chi connectivity index (χ1n) is 6.15. The molecule has 1 N–H and O–H groups in total. The van der Waals surface area contributed by atoms with Gasteiger partial charge in [0.05, 0.1) is 21.3 Å². The van der Waals surface area contributed by atoms with Crippen molar-refractivity contribution < 1.29 is 14.2 Å². The van der Waals surface area contributed by atoms with Crippen LogP contribution in [-0.4, -0.2) is 31.3 Å². The molecule has 0 spiro atoms. The standard InChI is InChI=1S/C14H16ClN3O3/c1-8-16-12(15)7-13(17-8)18-9-5-10(19-2)14(21-4)11(6-9)20-3/h5-7H,1-4H3,(H,16,17,18). The SMILES string of the molecule is COc1cc(Nc2cc(Cl)nc(C)n2)cc(OC)c1OC. The third kappa shape index (κ3) is 3.46. The van der Waals surface area contributed by atoms with Crippen molar-refractivity contribution in [3.05, 3.63) is 29.2 Å². The van der Waals surface area contributed by atoms with Gasteiger partial charge in [-0.2, -0.15) is 0 Å². The van der Waals surface area contributed by atoms with E-state index in [1.807, 2.05) is 0 Å². The molecule has 0 unspecified atom stereocenters. The van der Waals surface area contributed by atoms with Crippen LogP contribution in [0.25, 0.3) is 0 Å². The highest BCUT2D eigenvalue weighted by molar-refractivity contribution is 6.29. The van der Waals surface area contributed by atoms with Gasteiger partial charge in [-0.3, -0.25) is 0 Å². The first-order chi connectivity index (χ1) is 10.1. The molecule has 0 fully saturated rings. The summed E-state index contributed by atoms with van der Waals surface area (Å²) in [5, 5.41) is 3.51. The van der Waals surface area contributed by atoms with E-state index in [0.29, 0.717) is 34.0 Å². The number of halogens is 1. The van der Waals surface area contributed by atoms with E-state index in [9.17, 15) is 0 Å². The van der Waals surface area contributed by atoms with Gasteiger partial charge < -0.3 is 19.5 Å². The molecule has 2 rings (SSSR count). The number of nitrogens with one attached hydrogen (secondary N) is 1. The van der Waals surface area contributed by atoms with Gasteiger partial charge in [0, 0.05) is 23.9 Å². The van der Waals surface area contributed by atoms with Gasteiger partial charge in [-0.1, -0.05) is 11.6 Å². The molecule has 21 heavy (non-hydrogen) atoms. The number of nitrogens with zero attached hydrogens (tertiary/aromatic N) is 2. The summed E-state index contributed by atoms with van der Waals surface area (Å²) >= 11 is 5.92. The van der Waals surface area contributed by atoms with Gasteiger partial charge >= 0.3 is 0 Å². The monoisotopic (exact) mass is 309 g/mol. The number of aromatic nitrogens is 2. The van der Waals surface area contributed by atoms with Gasteiger partial charge in [0.1, 0.15) is 16.8 Å². The third-order valence-electron chi connectivity index (χ3n) is 2.74. The minimum atomic E-state index is 0.373. The van der Waals surface area contributed by atoms with Crippen LogP contribution >= 0.6 is 11.6 Å². The lowest BCUT2D eigenvalue weighted by atomic mass is 10.2. The number of aryl methyl sites for hydroxylation is 1. The third-order valence-corrected chi connectivity index (χ3v) is 2.94. The quantitative estimate of drug-likeness (QED) is 0.856. The lowest BCUT2D eigenvalue weighted by Gasteiger charge is -2.15. The summed E-state index contributed by atoms with van der Waals surface area (Å²) in [5.41, 5.74) is 0.735. The fourth-order valence-corrected chi connectivity index (χ4v) is 2.12. The second-order valence-electron chi connectivity index (χ2n) is 4.16. The molecule has 1 heterocycles. The average Bonchev–Trinajstić information content (AvgIpc) is 2.45. The van der Waals surface area contributed by atoms with Crippen molar-refractivity contribution in [1.82, 2.24) is 9.97 Å². The highest BCUT2D eigenvalue weighted by atomic mass is 35.5. The van der Waals surface area contributed by atoms with Crippen LogP contribution < -0.4 is 19.5 Å². The second kappa shape index (κ2) is 6.49. The molecule has 0 saturated heterocycles. The number of benzene rings is 1. The molecule has 6 nitrogen and oxygen atoms in total. The van der Waals surface area contributed by atoms with E-state index in [1.165, 1.54) is 0 Å². The van der Waals surface area contributed by atoms with Crippen LogP contribution in [0.3, 0.4) is 0 Å². The van der Waals surface area contributed by atoms with Crippen molar-refractivity contribution in [3.63, 3.8) is 0 Å². The van der Waals surface area contributed by atoms with Crippen LogP contribution in [0.4, 0.5) is 11.5 Å². The highest BCUT2D eigenvalue weighted by Gasteiger charge is 2.13. The Bertz CT molecular complexity index is 604. The molecule has 0 radical (unpaired) electrons. The smallest absolute Gasteiger partial charge is 0.203 e. The number of rotatable bonds is 5. The zero-order valence-corrected chi connectivity index (χ0v) is 13.0. The molecular weight excluding hydrogens is 294 g/mol. The van der Waals surface area contributed by atoms with Crippen molar-refractivity contribution in [3.8, 4) is 17.2 Å². The predicted molar refractivity (Wildman–Crippen MR) is 81.2 cm³/mol. The van der Waals surface area contributed by atoms with E-state index >= 15 is 0 Å². The van der Waals surface area contributed by atoms with Gasteiger partial charge in [-0.25, -0.2) is 9.97 Å². The Hall–Kier alpha value is -2.21. The number of methoxy groups -OCH3 is 3. The molecule has 1 aromatic carbocycles. The lowest BCUT2D eigenvalue weighted by molar-refractivity contribution is 0.324. The first-order valence-corrected chi connectivity index (χ1v) is 6.53. The fourth-order valence-electron chi connectivity index (χ4n) is 1.90. The molecule has 112 valence electrons. The summed E-state index contributed by atoms with van der Waals surface area (Å²) in [5.74, 6) is 2.80. The summed E-state index contributed by atoms with van der Waals surface area (Å²) in [6, 6.07) is 5.21. The fraction of sp³-hybridized carbons (Fsp3) is 0.286. The molecule has 0 bridgehead atoms. The summed E-state index contributed by atoms with van der Waals surface area (Å²) in [6.45, 7) is 1.77. The molecule has 0 amide bonds. The summed E-state index contributed by atoms with van der Waals surface area (Å²) < 4.78 is 15.9. The van der Waals surface area contributed by atoms with Crippen LogP contribution in [0.1, 0.15) is 5.82 Å². The van der Waals surface area contributed by atoms with E-state index < -0.39 is 0 Å². The van der Waals surface area contributed by atoms with E-state index in [4.69, 9.17) is 25.8 Å². The van der Waals surface area contributed by atoms with Gasteiger partial charge in [0.2, 0.25) is 5.75 Å². The largest absolute Gasteiger partial charge is 0.493 e.